The maximum absolute atomic E-state index is 13.9. The van der Waals surface area contributed by atoms with Crippen molar-refractivity contribution in [2.24, 2.45) is 39.6 Å². The van der Waals surface area contributed by atoms with Crippen molar-refractivity contribution in [2.45, 2.75) is 114 Å². The minimum atomic E-state index is -1.67. The Morgan fingerprint density at radius 2 is 1.07 bits per heavy atom. The molecule has 0 saturated carbocycles. The number of rotatable bonds is 30. The number of aliphatic hydroxyl groups excluding tert-OH is 2. The molecule has 338 valence electrons. The molecule has 0 radical (unpaired) electrons. The molecule has 0 saturated heterocycles. The van der Waals surface area contributed by atoms with Gasteiger partial charge in [-0.3, -0.25) is 33.8 Å². The zero-order valence-corrected chi connectivity index (χ0v) is 34.4. The molecule has 0 heterocycles. The fraction of sp³-hybridized carbons (Fsp3) is 0.632. The number of amides is 6. The molecule has 0 aromatic heterocycles. The SMILES string of the molecule is CC(C)[C@H](NC(=O)[C@@H](N)CCCCN)C(=O)N[C@@H](CO)C(=O)N[C@@H](CCCCN)C(=O)N[C@@H](CCCN=C(N)N)C(=O)N[C@@H](Cc1ccccc1)C(=O)N[C@@H](CO)C(=O)O. The van der Waals surface area contributed by atoms with Gasteiger partial charge in [0.25, 0.3) is 0 Å². The number of carbonyl (C=O) groups is 7. The third-order valence-corrected chi connectivity index (χ3v) is 9.24. The second-order valence-corrected chi connectivity index (χ2v) is 14.6. The summed E-state index contributed by atoms with van der Waals surface area (Å²) in [5, 5.41) is 44.0. The normalized spacial score (nSPS) is 14.5. The summed E-state index contributed by atoms with van der Waals surface area (Å²) in [4.78, 5) is 96.3. The van der Waals surface area contributed by atoms with Crippen LogP contribution in [-0.2, 0) is 40.0 Å². The Morgan fingerprint density at radius 3 is 1.57 bits per heavy atom. The zero-order valence-electron chi connectivity index (χ0n) is 34.4. The van der Waals surface area contributed by atoms with Gasteiger partial charge < -0.3 is 75.9 Å². The molecule has 19 N–H and O–H groups in total. The Hall–Kier alpha value is -5.42. The van der Waals surface area contributed by atoms with Gasteiger partial charge in [-0.1, -0.05) is 50.6 Å². The fourth-order valence-electron chi connectivity index (χ4n) is 5.76. The standard InChI is InChI=1S/C38H66N12O10/c1-22(2)30(50-31(53)24(41)13-6-8-16-39)36(58)48-28(20-51)35(57)46-25(14-7-9-17-40)32(54)45-26(15-10-18-44-38(42)43)33(55)47-27(19-23-11-4-3-5-12-23)34(56)49-29(21-52)37(59)60/h3-5,11-12,22,24-30,51-52H,6-10,13-21,39-41H2,1-2H3,(H,45,54)(H,46,57)(H,47,55)(H,48,58)(H,49,56)(H,50,53)(H,59,60)(H4,42,43,44)/t24-,25-,26-,27-,28-,29-,30-/m0/s1. The molecule has 22 heteroatoms. The highest BCUT2D eigenvalue weighted by molar-refractivity contribution is 5.97. The maximum Gasteiger partial charge on any atom is 0.328 e. The Bertz CT molecular complexity index is 1550. The van der Waals surface area contributed by atoms with Crippen LogP contribution in [0.15, 0.2) is 35.3 Å². The summed E-state index contributed by atoms with van der Waals surface area (Å²) >= 11 is 0. The van der Waals surface area contributed by atoms with Gasteiger partial charge in [0.1, 0.15) is 36.3 Å². The highest BCUT2D eigenvalue weighted by Gasteiger charge is 2.34. The van der Waals surface area contributed by atoms with Crippen LogP contribution in [0.4, 0.5) is 0 Å². The molecule has 22 nitrogen and oxygen atoms in total. The largest absolute Gasteiger partial charge is 0.480 e. The number of nitrogens with one attached hydrogen (secondary N) is 6. The minimum absolute atomic E-state index is 0.0205. The average Bonchev–Trinajstić information content (AvgIpc) is 3.20. The molecule has 0 spiro atoms. The van der Waals surface area contributed by atoms with Crippen molar-refractivity contribution in [1.82, 2.24) is 31.9 Å². The number of carboxylic acid groups (broad SMARTS) is 1. The van der Waals surface area contributed by atoms with Crippen LogP contribution in [0.1, 0.15) is 70.8 Å². The van der Waals surface area contributed by atoms with Crippen LogP contribution >= 0.6 is 0 Å². The molecule has 1 aromatic carbocycles. The van der Waals surface area contributed by atoms with Crippen LogP contribution in [0.3, 0.4) is 0 Å². The van der Waals surface area contributed by atoms with Gasteiger partial charge >= 0.3 is 5.97 Å². The third-order valence-electron chi connectivity index (χ3n) is 9.24. The number of hydrogen-bond donors (Lipinski definition) is 14. The second-order valence-electron chi connectivity index (χ2n) is 14.6. The van der Waals surface area contributed by atoms with Crippen molar-refractivity contribution in [3.05, 3.63) is 35.9 Å². The van der Waals surface area contributed by atoms with Crippen molar-refractivity contribution in [3.8, 4) is 0 Å². The van der Waals surface area contributed by atoms with Crippen LogP contribution in [0.2, 0.25) is 0 Å². The lowest BCUT2D eigenvalue weighted by molar-refractivity contribution is -0.143. The van der Waals surface area contributed by atoms with Crippen molar-refractivity contribution >= 4 is 47.4 Å². The molecular formula is C38H66N12O10. The summed E-state index contributed by atoms with van der Waals surface area (Å²) < 4.78 is 0. The van der Waals surface area contributed by atoms with Gasteiger partial charge in [-0.15, -0.1) is 0 Å². The van der Waals surface area contributed by atoms with Crippen LogP contribution < -0.4 is 60.6 Å². The third kappa shape index (κ3) is 20.0. The van der Waals surface area contributed by atoms with E-state index in [0.717, 1.165) is 0 Å². The molecule has 0 bridgehead atoms. The topological polar surface area (TPSA) is 395 Å². The van der Waals surface area contributed by atoms with E-state index in [1.54, 1.807) is 44.2 Å². The molecule has 0 unspecified atom stereocenters. The summed E-state index contributed by atoms with van der Waals surface area (Å²) in [7, 11) is 0. The predicted octanol–water partition coefficient (Wildman–Crippen LogP) is -4.50. The number of unbranched alkanes of at least 4 members (excludes halogenated alkanes) is 2. The van der Waals surface area contributed by atoms with Gasteiger partial charge in [0.2, 0.25) is 35.4 Å². The summed E-state index contributed by atoms with van der Waals surface area (Å²) in [6.45, 7) is 2.27. The molecule has 1 aromatic rings. The number of nitrogens with two attached hydrogens (primary N) is 5. The van der Waals surface area contributed by atoms with Gasteiger partial charge in [0, 0.05) is 13.0 Å². The molecule has 0 aliphatic heterocycles. The van der Waals surface area contributed by atoms with Crippen molar-refractivity contribution in [3.63, 3.8) is 0 Å². The van der Waals surface area contributed by atoms with E-state index < -0.39 is 103 Å². The van der Waals surface area contributed by atoms with Crippen molar-refractivity contribution < 1.29 is 48.9 Å². The van der Waals surface area contributed by atoms with Crippen molar-refractivity contribution in [1.29, 1.82) is 0 Å². The van der Waals surface area contributed by atoms with Gasteiger partial charge in [0.05, 0.1) is 19.3 Å². The van der Waals surface area contributed by atoms with Crippen LogP contribution in [0.25, 0.3) is 0 Å². The van der Waals surface area contributed by atoms with Crippen molar-refractivity contribution in [2.75, 3.05) is 32.8 Å². The van der Waals surface area contributed by atoms with Gasteiger partial charge in [-0.2, -0.15) is 0 Å². The lowest BCUT2D eigenvalue weighted by Gasteiger charge is -2.28. The molecule has 0 aliphatic carbocycles. The van der Waals surface area contributed by atoms with Crippen LogP contribution in [-0.4, -0.2) is 138 Å². The van der Waals surface area contributed by atoms with Gasteiger partial charge in [-0.05, 0) is 69.5 Å². The lowest BCUT2D eigenvalue weighted by Crippen LogP contribution is -2.61. The molecule has 6 amide bonds. The van der Waals surface area contributed by atoms with E-state index in [4.69, 9.17) is 28.7 Å². The highest BCUT2D eigenvalue weighted by atomic mass is 16.4. The fourth-order valence-corrected chi connectivity index (χ4v) is 5.76. The molecule has 0 fully saturated rings. The first-order valence-electron chi connectivity index (χ1n) is 20.0. The number of carbonyl (C=O) groups excluding carboxylic acids is 6. The summed E-state index contributed by atoms with van der Waals surface area (Å²) in [5.74, 6) is -7.11. The van der Waals surface area contributed by atoms with Crippen LogP contribution in [0, 0.1) is 5.92 Å². The Labute approximate surface area is 350 Å². The van der Waals surface area contributed by atoms with E-state index in [1.165, 1.54) is 0 Å². The average molecular weight is 851 g/mol. The number of hydrogen-bond acceptors (Lipinski definition) is 13. The Morgan fingerprint density at radius 1 is 0.600 bits per heavy atom. The number of nitrogens with zero attached hydrogens (tertiary/aromatic N) is 1. The van der Waals surface area contributed by atoms with E-state index in [-0.39, 0.29) is 44.7 Å². The summed E-state index contributed by atoms with van der Waals surface area (Å²) in [6, 6.07) is -0.834. The molecule has 60 heavy (non-hydrogen) atoms. The monoisotopic (exact) mass is 851 g/mol. The first-order chi connectivity index (χ1) is 28.5. The predicted molar refractivity (Wildman–Crippen MR) is 222 cm³/mol. The summed E-state index contributed by atoms with van der Waals surface area (Å²) in [6.07, 6.45) is 2.41. The highest BCUT2D eigenvalue weighted by Crippen LogP contribution is 2.10. The van der Waals surface area contributed by atoms with Gasteiger partial charge in [0.15, 0.2) is 5.96 Å². The number of aliphatic carboxylic acids is 1. The Balaban J connectivity index is 3.34. The smallest absolute Gasteiger partial charge is 0.328 e. The number of benzene rings is 1. The number of aliphatic hydroxyl groups is 2. The molecule has 1 rings (SSSR count). The molecule has 7 atom stereocenters. The first-order valence-corrected chi connectivity index (χ1v) is 20.0. The molecule has 0 aliphatic rings. The van der Waals surface area contributed by atoms with E-state index in [9.17, 15) is 48.9 Å². The first kappa shape index (κ1) is 52.6. The van der Waals surface area contributed by atoms with E-state index in [2.05, 4.69) is 36.9 Å². The maximum atomic E-state index is 13.9. The minimum Gasteiger partial charge on any atom is -0.480 e. The Kier molecular flexibility index (Phi) is 25.3. The number of guanidine groups is 1. The van der Waals surface area contributed by atoms with Crippen LogP contribution in [0.5, 0.6) is 0 Å². The second kappa shape index (κ2) is 28.9. The van der Waals surface area contributed by atoms with E-state index in [0.29, 0.717) is 44.2 Å². The number of carboxylic acids is 1. The number of aliphatic imine (C=N–C) groups is 1. The lowest BCUT2D eigenvalue weighted by atomic mass is 10.0. The van der Waals surface area contributed by atoms with E-state index in [1.807, 2.05) is 0 Å². The van der Waals surface area contributed by atoms with E-state index >= 15 is 0 Å². The quantitative estimate of drug-likeness (QED) is 0.0197. The summed E-state index contributed by atoms with van der Waals surface area (Å²) in [5.41, 5.74) is 28.7. The van der Waals surface area contributed by atoms with Gasteiger partial charge in [-0.25, -0.2) is 4.79 Å². The molecular weight excluding hydrogens is 784 g/mol. The zero-order chi connectivity index (χ0) is 45.2.